The van der Waals surface area contributed by atoms with Gasteiger partial charge in [0.1, 0.15) is 10.7 Å². The maximum absolute atomic E-state index is 12.7. The van der Waals surface area contributed by atoms with E-state index in [2.05, 4.69) is 5.10 Å². The monoisotopic (exact) mass is 425 g/mol. The van der Waals surface area contributed by atoms with Crippen molar-refractivity contribution >= 4 is 28.7 Å². The quantitative estimate of drug-likeness (QED) is 0.461. The zero-order chi connectivity index (χ0) is 21.1. The van der Waals surface area contributed by atoms with Crippen LogP contribution < -0.4 is 15.4 Å². The Labute approximate surface area is 178 Å². The summed E-state index contributed by atoms with van der Waals surface area (Å²) in [6, 6.07) is 16.3. The second-order valence-electron chi connectivity index (χ2n) is 7.01. The van der Waals surface area contributed by atoms with Crippen LogP contribution in [0.2, 0.25) is 5.02 Å². The molecule has 0 unspecified atom stereocenters. The number of rotatable bonds is 5. The fourth-order valence-corrected chi connectivity index (χ4v) is 3.89. The minimum absolute atomic E-state index is 0.0918. The predicted molar refractivity (Wildman–Crippen MR) is 117 cm³/mol. The Morgan fingerprint density at radius 3 is 2.20 bits per heavy atom. The Balaban J connectivity index is 1.50. The minimum atomic E-state index is -0.366. The van der Waals surface area contributed by atoms with Crippen LogP contribution >= 0.6 is 11.6 Å². The van der Waals surface area contributed by atoms with Gasteiger partial charge in [-0.1, -0.05) is 54.1 Å². The van der Waals surface area contributed by atoms with Gasteiger partial charge in [0.15, 0.2) is 0 Å². The van der Waals surface area contributed by atoms with Crippen molar-refractivity contribution in [3.63, 3.8) is 0 Å². The summed E-state index contributed by atoms with van der Waals surface area (Å²) >= 11 is 6.40. The largest absolute Gasteiger partial charge is 0.365 e. The summed E-state index contributed by atoms with van der Waals surface area (Å²) in [7, 11) is 0. The molecule has 0 radical (unpaired) electrons. The minimum Gasteiger partial charge on any atom is -0.365 e. The number of piperazine rings is 1. The molecule has 0 amide bonds. The highest BCUT2D eigenvalue weighted by Crippen LogP contribution is 2.30. The number of hydrogen-bond acceptors (Lipinski definition) is 6. The SMILES string of the molecule is O=c1c(Cl)c(N2CCN(c3ccccc3[N+](=O)[O-])CC2)cnn1Cc1ccccc1. The molecule has 4 rings (SSSR count). The highest BCUT2D eigenvalue weighted by molar-refractivity contribution is 6.33. The van der Waals surface area contributed by atoms with Crippen LogP contribution in [0.1, 0.15) is 5.56 Å². The number of nitrogens with zero attached hydrogens (tertiary/aromatic N) is 5. The van der Waals surface area contributed by atoms with Gasteiger partial charge in [0, 0.05) is 32.2 Å². The van der Waals surface area contributed by atoms with Crippen LogP contribution in [0, 0.1) is 10.1 Å². The summed E-state index contributed by atoms with van der Waals surface area (Å²) in [5.41, 5.74) is 1.92. The third-order valence-corrected chi connectivity index (χ3v) is 5.54. The maximum atomic E-state index is 12.7. The fraction of sp³-hybridized carbons (Fsp3) is 0.238. The second kappa shape index (κ2) is 8.54. The first kappa shape index (κ1) is 19.9. The fourth-order valence-electron chi connectivity index (χ4n) is 3.62. The lowest BCUT2D eigenvalue weighted by Gasteiger charge is -2.37. The van der Waals surface area contributed by atoms with E-state index in [-0.39, 0.29) is 21.2 Å². The Morgan fingerprint density at radius 1 is 0.933 bits per heavy atom. The highest BCUT2D eigenvalue weighted by atomic mass is 35.5. The number of anilines is 2. The second-order valence-corrected chi connectivity index (χ2v) is 7.39. The van der Waals surface area contributed by atoms with E-state index in [4.69, 9.17) is 11.6 Å². The lowest BCUT2D eigenvalue weighted by molar-refractivity contribution is -0.384. The zero-order valence-electron chi connectivity index (χ0n) is 16.1. The van der Waals surface area contributed by atoms with Crippen molar-refractivity contribution < 1.29 is 4.92 Å². The van der Waals surface area contributed by atoms with Crippen molar-refractivity contribution in [3.8, 4) is 0 Å². The van der Waals surface area contributed by atoms with Gasteiger partial charge >= 0.3 is 0 Å². The third kappa shape index (κ3) is 3.99. The van der Waals surface area contributed by atoms with E-state index in [1.807, 2.05) is 40.1 Å². The number of halogens is 1. The standard InChI is InChI=1S/C21H20ClN5O3/c22-20-19(14-23-26(21(20)28)15-16-6-2-1-3-7-16)25-12-10-24(11-13-25)17-8-4-5-9-18(17)27(29)30/h1-9,14H,10-13,15H2. The molecule has 1 aromatic heterocycles. The topological polar surface area (TPSA) is 84.5 Å². The van der Waals surface area contributed by atoms with Crippen LogP contribution in [0.15, 0.2) is 65.6 Å². The number of nitro groups is 1. The molecule has 1 aliphatic rings. The zero-order valence-corrected chi connectivity index (χ0v) is 16.9. The van der Waals surface area contributed by atoms with E-state index in [0.717, 1.165) is 5.56 Å². The average Bonchev–Trinajstić information content (AvgIpc) is 2.78. The summed E-state index contributed by atoms with van der Waals surface area (Å²) in [4.78, 5) is 27.6. The van der Waals surface area contributed by atoms with Gasteiger partial charge in [-0.05, 0) is 11.6 Å². The molecule has 1 saturated heterocycles. The normalized spacial score (nSPS) is 14.0. The first-order valence-corrected chi connectivity index (χ1v) is 9.95. The summed E-state index contributed by atoms with van der Waals surface area (Å²) in [5.74, 6) is 0. The molecule has 2 heterocycles. The van der Waals surface area contributed by atoms with Crippen molar-refractivity contribution in [1.29, 1.82) is 0 Å². The first-order chi connectivity index (χ1) is 14.5. The Kier molecular flexibility index (Phi) is 5.67. The van der Waals surface area contributed by atoms with E-state index < -0.39 is 0 Å². The third-order valence-electron chi connectivity index (χ3n) is 5.18. The number of para-hydroxylation sites is 2. The molecule has 0 N–H and O–H groups in total. The summed E-state index contributed by atoms with van der Waals surface area (Å²) in [5, 5.41) is 15.7. The van der Waals surface area contributed by atoms with Gasteiger partial charge in [-0.3, -0.25) is 14.9 Å². The Bertz CT molecular complexity index is 1110. The number of benzene rings is 2. The number of hydrogen-bond donors (Lipinski definition) is 0. The van der Waals surface area contributed by atoms with Gasteiger partial charge < -0.3 is 9.80 Å². The molecule has 1 fully saturated rings. The van der Waals surface area contributed by atoms with E-state index >= 15 is 0 Å². The molecule has 0 aliphatic carbocycles. The molecule has 0 spiro atoms. The Hall–Kier alpha value is -3.39. The molecule has 0 bridgehead atoms. The summed E-state index contributed by atoms with van der Waals surface area (Å²) in [6.07, 6.45) is 1.62. The Morgan fingerprint density at radius 2 is 1.53 bits per heavy atom. The van der Waals surface area contributed by atoms with Gasteiger partial charge in [-0.25, -0.2) is 4.68 Å². The van der Waals surface area contributed by atoms with Gasteiger partial charge in [0.25, 0.3) is 11.2 Å². The van der Waals surface area contributed by atoms with Gasteiger partial charge in [0.2, 0.25) is 0 Å². The molecule has 0 saturated carbocycles. The van der Waals surface area contributed by atoms with Crippen LogP contribution in [-0.4, -0.2) is 40.9 Å². The molecule has 3 aromatic rings. The predicted octanol–water partition coefficient (Wildman–Crippen LogP) is 3.18. The van der Waals surface area contributed by atoms with Crippen molar-refractivity contribution in [2.45, 2.75) is 6.54 Å². The van der Waals surface area contributed by atoms with E-state index in [1.54, 1.807) is 24.4 Å². The van der Waals surface area contributed by atoms with Gasteiger partial charge in [0.05, 0.1) is 23.4 Å². The lowest BCUT2D eigenvalue weighted by Crippen LogP contribution is -2.47. The molecule has 9 heteroatoms. The van der Waals surface area contributed by atoms with E-state index in [0.29, 0.717) is 44.1 Å². The van der Waals surface area contributed by atoms with Crippen LogP contribution in [0.3, 0.4) is 0 Å². The van der Waals surface area contributed by atoms with Crippen molar-refractivity contribution in [3.05, 3.63) is 91.8 Å². The number of nitro benzene ring substituents is 1. The summed E-state index contributed by atoms with van der Waals surface area (Å²) < 4.78 is 1.35. The van der Waals surface area contributed by atoms with Crippen molar-refractivity contribution in [2.75, 3.05) is 36.0 Å². The van der Waals surface area contributed by atoms with Gasteiger partial charge in [-0.2, -0.15) is 5.10 Å². The molecule has 2 aromatic carbocycles. The highest BCUT2D eigenvalue weighted by Gasteiger charge is 2.25. The van der Waals surface area contributed by atoms with Crippen LogP contribution in [0.4, 0.5) is 17.1 Å². The molecule has 30 heavy (non-hydrogen) atoms. The maximum Gasteiger partial charge on any atom is 0.292 e. The van der Waals surface area contributed by atoms with Crippen LogP contribution in [-0.2, 0) is 6.54 Å². The smallest absolute Gasteiger partial charge is 0.292 e. The molecular weight excluding hydrogens is 406 g/mol. The van der Waals surface area contributed by atoms with E-state index in [9.17, 15) is 14.9 Å². The van der Waals surface area contributed by atoms with Crippen molar-refractivity contribution in [1.82, 2.24) is 9.78 Å². The molecule has 8 nitrogen and oxygen atoms in total. The molecular formula is C21H20ClN5O3. The number of aromatic nitrogens is 2. The summed E-state index contributed by atoms with van der Waals surface area (Å²) in [6.45, 7) is 2.67. The average molecular weight is 426 g/mol. The van der Waals surface area contributed by atoms with Crippen LogP contribution in [0.5, 0.6) is 0 Å². The first-order valence-electron chi connectivity index (χ1n) is 9.57. The molecule has 0 atom stereocenters. The van der Waals surface area contributed by atoms with E-state index in [1.165, 1.54) is 10.7 Å². The van der Waals surface area contributed by atoms with Gasteiger partial charge in [-0.15, -0.1) is 0 Å². The molecule has 154 valence electrons. The van der Waals surface area contributed by atoms with Crippen LogP contribution in [0.25, 0.3) is 0 Å². The van der Waals surface area contributed by atoms with Crippen molar-refractivity contribution in [2.24, 2.45) is 0 Å². The molecule has 1 aliphatic heterocycles. The lowest BCUT2D eigenvalue weighted by atomic mass is 10.2.